The van der Waals surface area contributed by atoms with Crippen LogP contribution < -0.4 is 5.32 Å². The van der Waals surface area contributed by atoms with E-state index in [1.165, 1.54) is 18.5 Å². The van der Waals surface area contributed by atoms with Gasteiger partial charge in [0.1, 0.15) is 0 Å². The topological polar surface area (TPSA) is 39.1 Å². The third-order valence-electron chi connectivity index (χ3n) is 3.16. The summed E-state index contributed by atoms with van der Waals surface area (Å²) in [7, 11) is 1.76. The van der Waals surface area contributed by atoms with Crippen molar-refractivity contribution in [3.63, 3.8) is 0 Å². The van der Waals surface area contributed by atoms with E-state index >= 15 is 0 Å². The highest BCUT2D eigenvalue weighted by molar-refractivity contribution is 5.07. The number of aromatic nitrogens is 2. The van der Waals surface area contributed by atoms with E-state index in [1.807, 2.05) is 12.5 Å². The van der Waals surface area contributed by atoms with Crippen molar-refractivity contribution in [3.8, 4) is 0 Å². The fourth-order valence-corrected chi connectivity index (χ4v) is 2.27. The maximum absolute atomic E-state index is 5.05. The van der Waals surface area contributed by atoms with Gasteiger partial charge >= 0.3 is 0 Å². The molecule has 1 aliphatic heterocycles. The fourth-order valence-electron chi connectivity index (χ4n) is 2.27. The lowest BCUT2D eigenvalue weighted by atomic mass is 10.1. The molecule has 1 aromatic heterocycles. The van der Waals surface area contributed by atoms with Crippen molar-refractivity contribution in [1.29, 1.82) is 0 Å². The van der Waals surface area contributed by atoms with Gasteiger partial charge < -0.3 is 14.6 Å². The van der Waals surface area contributed by atoms with Crippen LogP contribution in [0.4, 0.5) is 0 Å². The van der Waals surface area contributed by atoms with E-state index in [1.54, 1.807) is 7.11 Å². The highest BCUT2D eigenvalue weighted by Crippen LogP contribution is 2.22. The molecular formula is C12H21N3O. The van der Waals surface area contributed by atoms with Crippen molar-refractivity contribution in [3.05, 3.63) is 18.2 Å². The van der Waals surface area contributed by atoms with Gasteiger partial charge in [0.15, 0.2) is 0 Å². The summed E-state index contributed by atoms with van der Waals surface area (Å²) < 4.78 is 7.33. The number of methoxy groups -OCH3 is 1. The number of hydrogen-bond donors (Lipinski definition) is 1. The maximum Gasteiger partial charge on any atom is 0.0948 e. The van der Waals surface area contributed by atoms with Crippen molar-refractivity contribution in [1.82, 2.24) is 14.9 Å². The third kappa shape index (κ3) is 2.83. The van der Waals surface area contributed by atoms with Gasteiger partial charge in [-0.3, -0.25) is 0 Å². The van der Waals surface area contributed by atoms with Gasteiger partial charge in [-0.25, -0.2) is 4.98 Å². The standard InChI is InChI=1S/C12H21N3O/c1-16-8-3-2-7-15-10-13-9-12(15)11-5-4-6-14-11/h9-11,14H,2-8H2,1H3/t11-/m0/s1. The number of ether oxygens (including phenoxy) is 1. The van der Waals surface area contributed by atoms with Crippen LogP contribution in [-0.4, -0.2) is 29.8 Å². The van der Waals surface area contributed by atoms with Crippen LogP contribution in [0.25, 0.3) is 0 Å². The van der Waals surface area contributed by atoms with Gasteiger partial charge in [0.25, 0.3) is 0 Å². The monoisotopic (exact) mass is 223 g/mol. The molecule has 0 amide bonds. The minimum atomic E-state index is 0.518. The van der Waals surface area contributed by atoms with Crippen molar-refractivity contribution in [2.24, 2.45) is 0 Å². The fraction of sp³-hybridized carbons (Fsp3) is 0.750. The molecule has 0 aromatic carbocycles. The number of imidazole rings is 1. The van der Waals surface area contributed by atoms with E-state index < -0.39 is 0 Å². The van der Waals surface area contributed by atoms with Crippen LogP contribution in [0.5, 0.6) is 0 Å². The molecule has 0 radical (unpaired) electrons. The van der Waals surface area contributed by atoms with Crippen LogP contribution in [0.2, 0.25) is 0 Å². The second kappa shape index (κ2) is 6.01. The molecular weight excluding hydrogens is 202 g/mol. The predicted octanol–water partition coefficient (Wildman–Crippen LogP) is 1.73. The van der Waals surface area contributed by atoms with Gasteiger partial charge in [-0.05, 0) is 32.2 Å². The van der Waals surface area contributed by atoms with Crippen LogP contribution in [0.3, 0.4) is 0 Å². The highest BCUT2D eigenvalue weighted by Gasteiger charge is 2.19. The molecule has 4 nitrogen and oxygen atoms in total. The Balaban J connectivity index is 1.86. The summed E-state index contributed by atoms with van der Waals surface area (Å²) in [4.78, 5) is 4.26. The minimum absolute atomic E-state index is 0.518. The minimum Gasteiger partial charge on any atom is -0.385 e. The second-order valence-corrected chi connectivity index (χ2v) is 4.36. The lowest BCUT2D eigenvalue weighted by Gasteiger charge is -2.13. The van der Waals surface area contributed by atoms with E-state index in [9.17, 15) is 0 Å². The molecule has 16 heavy (non-hydrogen) atoms. The number of hydrogen-bond acceptors (Lipinski definition) is 3. The Hall–Kier alpha value is -0.870. The molecule has 2 heterocycles. The first-order valence-corrected chi connectivity index (χ1v) is 6.14. The second-order valence-electron chi connectivity index (χ2n) is 4.36. The number of unbranched alkanes of at least 4 members (excludes halogenated alkanes) is 1. The van der Waals surface area contributed by atoms with Gasteiger partial charge in [0, 0.05) is 32.5 Å². The van der Waals surface area contributed by atoms with Crippen LogP contribution in [-0.2, 0) is 11.3 Å². The lowest BCUT2D eigenvalue weighted by Crippen LogP contribution is -2.17. The Labute approximate surface area is 97.0 Å². The van der Waals surface area contributed by atoms with Gasteiger partial charge in [-0.2, -0.15) is 0 Å². The molecule has 0 saturated carbocycles. The van der Waals surface area contributed by atoms with Crippen molar-refractivity contribution < 1.29 is 4.74 Å². The quantitative estimate of drug-likeness (QED) is 0.747. The first-order valence-electron chi connectivity index (χ1n) is 6.14. The van der Waals surface area contributed by atoms with E-state index in [4.69, 9.17) is 4.74 Å². The summed E-state index contributed by atoms with van der Waals surface area (Å²) in [5.74, 6) is 0. The molecule has 0 spiro atoms. The Morgan fingerprint density at radius 2 is 2.50 bits per heavy atom. The average Bonchev–Trinajstić information content (AvgIpc) is 2.94. The van der Waals surface area contributed by atoms with Crippen molar-refractivity contribution >= 4 is 0 Å². The van der Waals surface area contributed by atoms with Crippen molar-refractivity contribution in [2.45, 2.75) is 38.3 Å². The number of rotatable bonds is 6. The normalized spacial score (nSPS) is 20.4. The van der Waals surface area contributed by atoms with E-state index in [0.29, 0.717) is 6.04 Å². The first kappa shape index (κ1) is 11.6. The molecule has 1 saturated heterocycles. The largest absolute Gasteiger partial charge is 0.385 e. The van der Waals surface area contributed by atoms with Crippen LogP contribution in [0.1, 0.15) is 37.4 Å². The Kier molecular flexibility index (Phi) is 4.36. The number of aryl methyl sites for hydroxylation is 1. The zero-order valence-corrected chi connectivity index (χ0v) is 9.98. The smallest absolute Gasteiger partial charge is 0.0948 e. The number of nitrogens with one attached hydrogen (secondary N) is 1. The van der Waals surface area contributed by atoms with E-state index in [-0.39, 0.29) is 0 Å². The summed E-state index contributed by atoms with van der Waals surface area (Å²) in [6.45, 7) is 3.04. The Morgan fingerprint density at radius 1 is 1.56 bits per heavy atom. The van der Waals surface area contributed by atoms with E-state index in [2.05, 4.69) is 14.9 Å². The van der Waals surface area contributed by atoms with E-state index in [0.717, 1.165) is 32.5 Å². The maximum atomic E-state index is 5.05. The molecule has 1 aromatic rings. The van der Waals surface area contributed by atoms with Gasteiger partial charge in [0.05, 0.1) is 12.0 Å². The molecule has 1 N–H and O–H groups in total. The van der Waals surface area contributed by atoms with Crippen LogP contribution in [0.15, 0.2) is 12.5 Å². The van der Waals surface area contributed by atoms with Crippen LogP contribution >= 0.6 is 0 Å². The molecule has 0 aliphatic carbocycles. The Bertz CT molecular complexity index is 305. The predicted molar refractivity (Wildman–Crippen MR) is 63.3 cm³/mol. The van der Waals surface area contributed by atoms with Gasteiger partial charge in [-0.1, -0.05) is 0 Å². The molecule has 2 rings (SSSR count). The highest BCUT2D eigenvalue weighted by atomic mass is 16.5. The van der Waals surface area contributed by atoms with Gasteiger partial charge in [-0.15, -0.1) is 0 Å². The first-order chi connectivity index (χ1) is 7.92. The molecule has 0 unspecified atom stereocenters. The van der Waals surface area contributed by atoms with Gasteiger partial charge in [0.2, 0.25) is 0 Å². The summed E-state index contributed by atoms with van der Waals surface area (Å²) in [6, 6.07) is 0.518. The molecule has 4 heteroatoms. The molecule has 90 valence electrons. The third-order valence-corrected chi connectivity index (χ3v) is 3.16. The lowest BCUT2D eigenvalue weighted by molar-refractivity contribution is 0.191. The summed E-state index contributed by atoms with van der Waals surface area (Å²) in [5, 5.41) is 3.52. The summed E-state index contributed by atoms with van der Waals surface area (Å²) in [5.41, 5.74) is 1.34. The average molecular weight is 223 g/mol. The molecule has 1 fully saturated rings. The Morgan fingerprint density at radius 3 is 3.25 bits per heavy atom. The zero-order chi connectivity index (χ0) is 11.2. The zero-order valence-electron chi connectivity index (χ0n) is 9.98. The summed E-state index contributed by atoms with van der Waals surface area (Å²) >= 11 is 0. The SMILES string of the molecule is COCCCCn1cncc1[C@@H]1CCCN1. The van der Waals surface area contributed by atoms with Crippen molar-refractivity contribution in [2.75, 3.05) is 20.3 Å². The molecule has 0 bridgehead atoms. The molecule has 1 atom stereocenters. The molecule has 1 aliphatic rings. The van der Waals surface area contributed by atoms with Crippen LogP contribution in [0, 0.1) is 0 Å². The summed E-state index contributed by atoms with van der Waals surface area (Å²) in [6.07, 6.45) is 8.74. The number of nitrogens with zero attached hydrogens (tertiary/aromatic N) is 2.